The summed E-state index contributed by atoms with van der Waals surface area (Å²) in [5, 5.41) is 3.94. The van der Waals surface area contributed by atoms with E-state index < -0.39 is 0 Å². The molecule has 0 aliphatic rings. The van der Waals surface area contributed by atoms with E-state index in [9.17, 15) is 0 Å². The third kappa shape index (κ3) is 1.99. The highest BCUT2D eigenvalue weighted by Gasteiger charge is 2.18. The van der Waals surface area contributed by atoms with Gasteiger partial charge in [-0.05, 0) is 18.6 Å². The standard InChI is InChI=1S/C13H16N2O3/c1-4-10-12(13(14)18-15-10)9-6-5-8(16-2)7-11(9)17-3/h5-7H,4,14H2,1-3H3. The van der Waals surface area contributed by atoms with Crippen LogP contribution < -0.4 is 15.2 Å². The number of anilines is 1. The van der Waals surface area contributed by atoms with Crippen LogP contribution in [0.15, 0.2) is 22.7 Å². The Morgan fingerprint density at radius 1 is 1.28 bits per heavy atom. The van der Waals surface area contributed by atoms with E-state index in [1.165, 1.54) is 0 Å². The lowest BCUT2D eigenvalue weighted by Gasteiger charge is -2.10. The van der Waals surface area contributed by atoms with Crippen molar-refractivity contribution in [3.8, 4) is 22.6 Å². The second-order valence-electron chi connectivity index (χ2n) is 3.79. The van der Waals surface area contributed by atoms with Crippen LogP contribution in [0.1, 0.15) is 12.6 Å². The zero-order valence-corrected chi connectivity index (χ0v) is 10.7. The van der Waals surface area contributed by atoms with Crippen LogP contribution in [0, 0.1) is 0 Å². The predicted molar refractivity (Wildman–Crippen MR) is 68.8 cm³/mol. The Morgan fingerprint density at radius 2 is 2.06 bits per heavy atom. The highest BCUT2D eigenvalue weighted by atomic mass is 16.5. The number of rotatable bonds is 4. The second kappa shape index (κ2) is 5.00. The molecule has 0 fully saturated rings. The minimum absolute atomic E-state index is 0.301. The molecule has 1 aromatic heterocycles. The van der Waals surface area contributed by atoms with Gasteiger partial charge in [0.2, 0.25) is 5.88 Å². The minimum Gasteiger partial charge on any atom is -0.497 e. The summed E-state index contributed by atoms with van der Waals surface area (Å²) >= 11 is 0. The van der Waals surface area contributed by atoms with E-state index in [1.54, 1.807) is 20.3 Å². The van der Waals surface area contributed by atoms with Crippen LogP contribution in [-0.2, 0) is 6.42 Å². The number of ether oxygens (including phenoxy) is 2. The number of hydrogen-bond donors (Lipinski definition) is 1. The number of hydrogen-bond acceptors (Lipinski definition) is 5. The van der Waals surface area contributed by atoms with E-state index in [2.05, 4.69) is 5.16 Å². The first kappa shape index (κ1) is 12.3. The van der Waals surface area contributed by atoms with E-state index in [-0.39, 0.29) is 0 Å². The molecule has 1 aromatic carbocycles. The number of aromatic nitrogens is 1. The maximum atomic E-state index is 5.83. The lowest BCUT2D eigenvalue weighted by Crippen LogP contribution is -1.94. The molecular formula is C13H16N2O3. The molecule has 0 amide bonds. The Bertz CT molecular complexity index is 549. The Morgan fingerprint density at radius 3 is 2.67 bits per heavy atom. The molecule has 0 spiro atoms. The van der Waals surface area contributed by atoms with Crippen LogP contribution in [0.2, 0.25) is 0 Å². The lowest BCUT2D eigenvalue weighted by atomic mass is 10.0. The zero-order valence-electron chi connectivity index (χ0n) is 10.7. The molecule has 5 nitrogen and oxygen atoms in total. The van der Waals surface area contributed by atoms with Crippen LogP contribution in [0.25, 0.3) is 11.1 Å². The van der Waals surface area contributed by atoms with Gasteiger partial charge in [-0.2, -0.15) is 0 Å². The smallest absolute Gasteiger partial charge is 0.230 e. The SMILES string of the molecule is CCc1noc(N)c1-c1ccc(OC)cc1OC. The topological polar surface area (TPSA) is 70.5 Å². The lowest BCUT2D eigenvalue weighted by molar-refractivity contribution is 0.395. The van der Waals surface area contributed by atoms with Crippen molar-refractivity contribution in [2.45, 2.75) is 13.3 Å². The molecule has 0 bridgehead atoms. The molecule has 0 unspecified atom stereocenters. The maximum Gasteiger partial charge on any atom is 0.230 e. The van der Waals surface area contributed by atoms with E-state index in [4.69, 9.17) is 19.7 Å². The largest absolute Gasteiger partial charge is 0.497 e. The average Bonchev–Trinajstić information content (AvgIpc) is 2.78. The molecule has 0 atom stereocenters. The van der Waals surface area contributed by atoms with Gasteiger partial charge in [0.05, 0.1) is 25.5 Å². The molecule has 0 radical (unpaired) electrons. The maximum absolute atomic E-state index is 5.83. The van der Waals surface area contributed by atoms with Gasteiger partial charge in [0, 0.05) is 11.6 Å². The van der Waals surface area contributed by atoms with Crippen molar-refractivity contribution < 1.29 is 14.0 Å². The van der Waals surface area contributed by atoms with Crippen molar-refractivity contribution in [2.24, 2.45) is 0 Å². The first-order valence-corrected chi connectivity index (χ1v) is 5.67. The monoisotopic (exact) mass is 248 g/mol. The van der Waals surface area contributed by atoms with E-state index in [0.29, 0.717) is 11.6 Å². The number of nitrogen functional groups attached to an aromatic ring is 1. The third-order valence-corrected chi connectivity index (χ3v) is 2.80. The summed E-state index contributed by atoms with van der Waals surface area (Å²) in [6, 6.07) is 5.55. The van der Waals surface area contributed by atoms with Gasteiger partial charge in [0.25, 0.3) is 0 Å². The molecule has 2 aromatic rings. The first-order chi connectivity index (χ1) is 8.71. The molecular weight excluding hydrogens is 232 g/mol. The van der Waals surface area contributed by atoms with Crippen LogP contribution in [-0.4, -0.2) is 19.4 Å². The number of benzene rings is 1. The Balaban J connectivity index is 2.59. The summed E-state index contributed by atoms with van der Waals surface area (Å²) in [5.41, 5.74) is 8.29. The second-order valence-corrected chi connectivity index (χ2v) is 3.79. The van der Waals surface area contributed by atoms with Gasteiger partial charge in [0.15, 0.2) is 0 Å². The van der Waals surface area contributed by atoms with Crippen LogP contribution >= 0.6 is 0 Å². The van der Waals surface area contributed by atoms with Gasteiger partial charge in [-0.3, -0.25) is 0 Å². The summed E-state index contributed by atoms with van der Waals surface area (Å²) in [7, 11) is 3.22. The van der Waals surface area contributed by atoms with E-state index in [1.807, 2.05) is 19.1 Å². The Kier molecular flexibility index (Phi) is 3.41. The summed E-state index contributed by atoms with van der Waals surface area (Å²) in [6.45, 7) is 2.00. The van der Waals surface area contributed by atoms with Gasteiger partial charge in [-0.15, -0.1) is 0 Å². The van der Waals surface area contributed by atoms with Crippen molar-refractivity contribution >= 4 is 5.88 Å². The molecule has 2 N–H and O–H groups in total. The molecule has 0 saturated carbocycles. The third-order valence-electron chi connectivity index (χ3n) is 2.80. The van der Waals surface area contributed by atoms with Gasteiger partial charge in [-0.1, -0.05) is 12.1 Å². The first-order valence-electron chi connectivity index (χ1n) is 5.67. The van der Waals surface area contributed by atoms with Gasteiger partial charge in [0.1, 0.15) is 11.5 Å². The van der Waals surface area contributed by atoms with Gasteiger partial charge >= 0.3 is 0 Å². The number of nitrogens with two attached hydrogens (primary N) is 1. The fourth-order valence-corrected chi connectivity index (χ4v) is 1.87. The predicted octanol–water partition coefficient (Wildman–Crippen LogP) is 2.50. The summed E-state index contributed by atoms with van der Waals surface area (Å²) in [5.74, 6) is 1.71. The molecule has 0 aliphatic heterocycles. The van der Waals surface area contributed by atoms with Crippen molar-refractivity contribution in [1.29, 1.82) is 0 Å². The molecule has 2 rings (SSSR count). The summed E-state index contributed by atoms with van der Waals surface area (Å²) in [6.07, 6.45) is 0.741. The van der Waals surface area contributed by atoms with Crippen molar-refractivity contribution in [3.63, 3.8) is 0 Å². The average molecular weight is 248 g/mol. The highest BCUT2D eigenvalue weighted by molar-refractivity contribution is 5.80. The quantitative estimate of drug-likeness (QED) is 0.900. The molecule has 18 heavy (non-hydrogen) atoms. The zero-order chi connectivity index (χ0) is 13.1. The number of aryl methyl sites for hydroxylation is 1. The van der Waals surface area contributed by atoms with E-state index in [0.717, 1.165) is 29.0 Å². The fraction of sp³-hybridized carbons (Fsp3) is 0.308. The fourth-order valence-electron chi connectivity index (χ4n) is 1.87. The number of nitrogens with zero attached hydrogens (tertiary/aromatic N) is 1. The number of methoxy groups -OCH3 is 2. The summed E-state index contributed by atoms with van der Waals surface area (Å²) in [4.78, 5) is 0. The molecule has 1 heterocycles. The minimum atomic E-state index is 0.301. The summed E-state index contributed by atoms with van der Waals surface area (Å²) < 4.78 is 15.6. The molecule has 0 saturated heterocycles. The normalized spacial score (nSPS) is 10.4. The van der Waals surface area contributed by atoms with Crippen molar-refractivity contribution in [2.75, 3.05) is 20.0 Å². The Hall–Kier alpha value is -2.17. The van der Waals surface area contributed by atoms with Crippen LogP contribution in [0.3, 0.4) is 0 Å². The van der Waals surface area contributed by atoms with E-state index >= 15 is 0 Å². The molecule has 0 aliphatic carbocycles. The molecule has 5 heteroatoms. The van der Waals surface area contributed by atoms with Crippen LogP contribution in [0.5, 0.6) is 11.5 Å². The molecule has 96 valence electrons. The van der Waals surface area contributed by atoms with Crippen LogP contribution in [0.4, 0.5) is 5.88 Å². The van der Waals surface area contributed by atoms with Gasteiger partial charge < -0.3 is 19.7 Å². The van der Waals surface area contributed by atoms with Gasteiger partial charge in [-0.25, -0.2) is 0 Å². The van der Waals surface area contributed by atoms with Crippen molar-refractivity contribution in [3.05, 3.63) is 23.9 Å². The Labute approximate surface area is 105 Å². The highest BCUT2D eigenvalue weighted by Crippen LogP contribution is 2.38. The van der Waals surface area contributed by atoms with Crippen molar-refractivity contribution in [1.82, 2.24) is 5.16 Å².